The van der Waals surface area contributed by atoms with Gasteiger partial charge in [-0.1, -0.05) is 36.4 Å². The molecule has 4 rings (SSSR count). The van der Waals surface area contributed by atoms with E-state index in [0.29, 0.717) is 10.1 Å². The second-order valence-corrected chi connectivity index (χ2v) is 7.32. The van der Waals surface area contributed by atoms with E-state index in [2.05, 4.69) is 34.1 Å². The molecule has 0 spiro atoms. The number of H-pyrrole nitrogens is 1. The van der Waals surface area contributed by atoms with Gasteiger partial charge in [-0.05, 0) is 36.9 Å². The number of aromatic nitrogens is 1. The van der Waals surface area contributed by atoms with Crippen LogP contribution >= 0.6 is 11.3 Å². The van der Waals surface area contributed by atoms with Gasteiger partial charge in [0, 0.05) is 28.2 Å². The normalized spacial score (nSPS) is 11.6. The van der Waals surface area contributed by atoms with Crippen LogP contribution in [-0.2, 0) is 6.54 Å². The molecule has 0 saturated carbocycles. The minimum Gasteiger partial charge on any atom is -0.506 e. The van der Waals surface area contributed by atoms with E-state index in [1.807, 2.05) is 32.3 Å². The van der Waals surface area contributed by atoms with Crippen LogP contribution in [0.3, 0.4) is 0 Å². The second kappa shape index (κ2) is 6.02. The van der Waals surface area contributed by atoms with E-state index in [4.69, 9.17) is 0 Å². The lowest BCUT2D eigenvalue weighted by Crippen LogP contribution is -2.10. The number of aromatic hydroxyl groups is 1. The van der Waals surface area contributed by atoms with Crippen molar-refractivity contribution in [2.24, 2.45) is 0 Å². The zero-order chi connectivity index (χ0) is 17.6. The summed E-state index contributed by atoms with van der Waals surface area (Å²) in [6, 6.07) is 14.2. The Hall–Kier alpha value is -2.63. The predicted octanol–water partition coefficient (Wildman–Crippen LogP) is 4.18. The van der Waals surface area contributed by atoms with Gasteiger partial charge in [-0.3, -0.25) is 4.79 Å². The third-order valence-corrected chi connectivity index (χ3v) is 5.27. The van der Waals surface area contributed by atoms with E-state index in [1.54, 1.807) is 5.38 Å². The van der Waals surface area contributed by atoms with Crippen LogP contribution in [0.25, 0.3) is 32.1 Å². The number of hydrogen-bond acceptors (Lipinski definition) is 4. The maximum atomic E-state index is 12.2. The summed E-state index contributed by atoms with van der Waals surface area (Å²) in [4.78, 5) is 17.3. The van der Waals surface area contributed by atoms with E-state index < -0.39 is 0 Å². The quantitative estimate of drug-likeness (QED) is 0.583. The zero-order valence-corrected chi connectivity index (χ0v) is 14.9. The lowest BCUT2D eigenvalue weighted by atomic mass is 9.97. The van der Waals surface area contributed by atoms with Gasteiger partial charge in [-0.25, -0.2) is 0 Å². The van der Waals surface area contributed by atoms with Crippen LogP contribution in [0.1, 0.15) is 5.56 Å². The Morgan fingerprint density at radius 2 is 1.84 bits per heavy atom. The Kier molecular flexibility index (Phi) is 3.82. The molecular formula is C20H18N2O2S. The average Bonchev–Trinajstić information content (AvgIpc) is 2.97. The fourth-order valence-corrected chi connectivity index (χ4v) is 4.09. The van der Waals surface area contributed by atoms with E-state index in [1.165, 1.54) is 16.9 Å². The zero-order valence-electron chi connectivity index (χ0n) is 14.0. The number of nitrogens with one attached hydrogen (secondary N) is 1. The first-order valence-corrected chi connectivity index (χ1v) is 8.92. The van der Waals surface area contributed by atoms with E-state index in [9.17, 15) is 9.90 Å². The van der Waals surface area contributed by atoms with Gasteiger partial charge in [-0.2, -0.15) is 0 Å². The van der Waals surface area contributed by atoms with Crippen LogP contribution in [0.2, 0.25) is 0 Å². The van der Waals surface area contributed by atoms with Crippen LogP contribution in [0.4, 0.5) is 0 Å². The lowest BCUT2D eigenvalue weighted by Gasteiger charge is -2.12. The summed E-state index contributed by atoms with van der Waals surface area (Å²) >= 11 is 1.27. The van der Waals surface area contributed by atoms with Gasteiger partial charge in [-0.15, -0.1) is 11.3 Å². The summed E-state index contributed by atoms with van der Waals surface area (Å²) in [5.74, 6) is 0.160. The maximum absolute atomic E-state index is 12.2. The number of benzene rings is 2. The van der Waals surface area contributed by atoms with Crippen molar-refractivity contribution < 1.29 is 5.11 Å². The molecule has 2 N–H and O–H groups in total. The van der Waals surface area contributed by atoms with Crippen molar-refractivity contribution in [1.82, 2.24) is 9.88 Å². The number of pyridine rings is 1. The van der Waals surface area contributed by atoms with Gasteiger partial charge in [0.2, 0.25) is 0 Å². The molecule has 5 heteroatoms. The Morgan fingerprint density at radius 3 is 2.56 bits per heavy atom. The highest BCUT2D eigenvalue weighted by atomic mass is 32.1. The van der Waals surface area contributed by atoms with Gasteiger partial charge in [0.1, 0.15) is 10.4 Å². The molecule has 126 valence electrons. The number of hydrogen-bond donors (Lipinski definition) is 2. The molecule has 0 aliphatic carbocycles. The van der Waals surface area contributed by atoms with E-state index in [-0.39, 0.29) is 11.3 Å². The summed E-state index contributed by atoms with van der Waals surface area (Å²) in [7, 11) is 4.09. The molecule has 0 fully saturated rings. The first-order chi connectivity index (χ1) is 12.0. The van der Waals surface area contributed by atoms with Crippen LogP contribution in [0.15, 0.2) is 52.6 Å². The van der Waals surface area contributed by atoms with Crippen LogP contribution in [0.5, 0.6) is 5.75 Å². The molecule has 0 saturated heterocycles. The minimum atomic E-state index is -0.161. The van der Waals surface area contributed by atoms with Crippen molar-refractivity contribution in [1.29, 1.82) is 0 Å². The summed E-state index contributed by atoms with van der Waals surface area (Å²) < 4.78 is 0.557. The molecular weight excluding hydrogens is 332 g/mol. The second-order valence-electron chi connectivity index (χ2n) is 6.44. The Labute approximate surface area is 149 Å². The monoisotopic (exact) mass is 350 g/mol. The number of nitrogens with zero attached hydrogens (tertiary/aromatic N) is 1. The van der Waals surface area contributed by atoms with Crippen LogP contribution in [-0.4, -0.2) is 29.1 Å². The predicted molar refractivity (Wildman–Crippen MR) is 104 cm³/mol. The summed E-state index contributed by atoms with van der Waals surface area (Å²) in [5, 5.41) is 13.4. The maximum Gasteiger partial charge on any atom is 0.266 e. The highest BCUT2D eigenvalue weighted by Crippen LogP contribution is 2.39. The molecule has 2 heterocycles. The first kappa shape index (κ1) is 15.9. The van der Waals surface area contributed by atoms with Crippen molar-refractivity contribution in [2.45, 2.75) is 6.54 Å². The molecule has 2 aromatic heterocycles. The van der Waals surface area contributed by atoms with Crippen molar-refractivity contribution in [3.8, 4) is 16.9 Å². The summed E-state index contributed by atoms with van der Waals surface area (Å²) in [6.45, 7) is 0.888. The smallest absolute Gasteiger partial charge is 0.266 e. The SMILES string of the molecule is CN(C)Cc1ccc(-c2cccc3[nH]c(=O)c4scc(O)c4c23)cc1. The molecule has 0 amide bonds. The van der Waals surface area contributed by atoms with Crippen molar-refractivity contribution >= 4 is 32.3 Å². The Balaban J connectivity index is 1.97. The van der Waals surface area contributed by atoms with Gasteiger partial charge < -0.3 is 15.0 Å². The number of fused-ring (bicyclic) bond motifs is 3. The molecule has 0 bridgehead atoms. The molecule has 0 atom stereocenters. The molecule has 0 unspecified atom stereocenters. The summed E-state index contributed by atoms with van der Waals surface area (Å²) in [6.07, 6.45) is 0. The molecule has 0 aliphatic heterocycles. The van der Waals surface area contributed by atoms with Gasteiger partial charge >= 0.3 is 0 Å². The number of rotatable bonds is 3. The molecule has 4 nitrogen and oxygen atoms in total. The molecule has 0 radical (unpaired) electrons. The Bertz CT molecular complexity index is 1120. The molecule has 25 heavy (non-hydrogen) atoms. The largest absolute Gasteiger partial charge is 0.506 e. The third kappa shape index (κ3) is 2.71. The van der Waals surface area contributed by atoms with Gasteiger partial charge in [0.05, 0.1) is 0 Å². The lowest BCUT2D eigenvalue weighted by molar-refractivity contribution is 0.402. The van der Waals surface area contributed by atoms with Crippen molar-refractivity contribution in [3.63, 3.8) is 0 Å². The molecule has 2 aromatic carbocycles. The average molecular weight is 350 g/mol. The van der Waals surface area contributed by atoms with Crippen molar-refractivity contribution in [3.05, 3.63) is 63.8 Å². The standard InChI is InChI=1S/C20H18N2O2S/c1-22(2)10-12-6-8-13(9-7-12)14-4-3-5-15-17(14)18-16(23)11-25-19(18)20(24)21-15/h3-9,11,23H,10H2,1-2H3,(H,21,24). The number of thiophene rings is 1. The highest BCUT2D eigenvalue weighted by Gasteiger charge is 2.15. The molecule has 4 aromatic rings. The fraction of sp³-hybridized carbons (Fsp3) is 0.150. The fourth-order valence-electron chi connectivity index (χ4n) is 3.26. The third-order valence-electron chi connectivity index (χ3n) is 4.30. The van der Waals surface area contributed by atoms with Crippen LogP contribution in [0, 0.1) is 0 Å². The van der Waals surface area contributed by atoms with Gasteiger partial charge in [0.25, 0.3) is 5.56 Å². The summed E-state index contributed by atoms with van der Waals surface area (Å²) in [5.41, 5.74) is 3.88. The van der Waals surface area contributed by atoms with Gasteiger partial charge in [0.15, 0.2) is 0 Å². The Morgan fingerprint density at radius 1 is 1.08 bits per heavy atom. The van der Waals surface area contributed by atoms with E-state index >= 15 is 0 Å². The minimum absolute atomic E-state index is 0.160. The number of aromatic amines is 1. The van der Waals surface area contributed by atoms with Crippen LogP contribution < -0.4 is 5.56 Å². The molecule has 0 aliphatic rings. The van der Waals surface area contributed by atoms with Crippen molar-refractivity contribution in [2.75, 3.05) is 14.1 Å². The highest BCUT2D eigenvalue weighted by molar-refractivity contribution is 7.17. The first-order valence-electron chi connectivity index (χ1n) is 8.04. The topological polar surface area (TPSA) is 56.3 Å². The van der Waals surface area contributed by atoms with E-state index in [0.717, 1.165) is 28.6 Å².